The first-order valence-corrected chi connectivity index (χ1v) is 5.55. The summed E-state index contributed by atoms with van der Waals surface area (Å²) in [4.78, 5) is 3.72. The minimum atomic E-state index is -4.45. The molecule has 0 amide bonds. The van der Waals surface area contributed by atoms with Crippen molar-refractivity contribution in [1.29, 1.82) is 0 Å². The monoisotopic (exact) mass is 284 g/mol. The van der Waals surface area contributed by atoms with Crippen LogP contribution in [0.5, 0.6) is 17.4 Å². The minimum Gasteiger partial charge on any atom is -0.497 e. The van der Waals surface area contributed by atoms with Gasteiger partial charge >= 0.3 is 6.18 Å². The maximum atomic E-state index is 12.6. The van der Waals surface area contributed by atoms with Gasteiger partial charge in [0.25, 0.3) is 0 Å². The van der Waals surface area contributed by atoms with Crippen LogP contribution in [-0.2, 0) is 6.18 Å². The second-order valence-corrected chi connectivity index (χ2v) is 3.89. The zero-order valence-corrected chi connectivity index (χ0v) is 10.4. The highest BCUT2D eigenvalue weighted by molar-refractivity contribution is 5.57. The second kappa shape index (κ2) is 5.28. The number of ether oxygens (including phenoxy) is 2. The maximum absolute atomic E-state index is 12.6. The van der Waals surface area contributed by atoms with Gasteiger partial charge in [-0.2, -0.15) is 13.2 Å². The number of nitrogen functional groups attached to an aromatic ring is 1. The Morgan fingerprint density at radius 3 is 2.50 bits per heavy atom. The van der Waals surface area contributed by atoms with E-state index in [0.29, 0.717) is 5.75 Å². The highest BCUT2D eigenvalue weighted by Gasteiger charge is 2.31. The lowest BCUT2D eigenvalue weighted by molar-refractivity contribution is -0.137. The zero-order chi connectivity index (χ0) is 14.8. The van der Waals surface area contributed by atoms with Crippen LogP contribution in [0.15, 0.2) is 36.5 Å². The van der Waals surface area contributed by atoms with Gasteiger partial charge in [-0.1, -0.05) is 0 Å². The Morgan fingerprint density at radius 2 is 1.90 bits per heavy atom. The smallest absolute Gasteiger partial charge is 0.416 e. The number of pyridine rings is 1. The molecule has 4 nitrogen and oxygen atoms in total. The Hall–Kier alpha value is -2.44. The van der Waals surface area contributed by atoms with E-state index in [-0.39, 0.29) is 17.3 Å². The molecule has 0 radical (unpaired) electrons. The van der Waals surface area contributed by atoms with Crippen LogP contribution in [0, 0.1) is 0 Å². The van der Waals surface area contributed by atoms with E-state index in [9.17, 15) is 13.2 Å². The molecule has 2 rings (SSSR count). The van der Waals surface area contributed by atoms with Gasteiger partial charge in [-0.3, -0.25) is 0 Å². The van der Waals surface area contributed by atoms with Gasteiger partial charge in [-0.15, -0.1) is 0 Å². The molecule has 20 heavy (non-hydrogen) atoms. The molecule has 0 aliphatic heterocycles. The highest BCUT2D eigenvalue weighted by Crippen LogP contribution is 2.33. The molecule has 2 N–H and O–H groups in total. The minimum absolute atomic E-state index is 0.184. The van der Waals surface area contributed by atoms with Crippen LogP contribution in [0.2, 0.25) is 0 Å². The summed E-state index contributed by atoms with van der Waals surface area (Å²) in [6, 6.07) is 6.26. The number of alkyl halides is 3. The standard InChI is InChI=1S/C13H11F3N2O2/c1-19-9-2-3-11(10(17)7-9)20-12-6-8(4-5-18-12)13(14,15)16/h2-7H,17H2,1H3. The van der Waals surface area contributed by atoms with Crippen molar-refractivity contribution in [3.05, 3.63) is 42.1 Å². The van der Waals surface area contributed by atoms with E-state index in [0.717, 1.165) is 18.3 Å². The molecule has 0 saturated heterocycles. The SMILES string of the molecule is COc1ccc(Oc2cc(C(F)(F)F)ccn2)c(N)c1. The quantitative estimate of drug-likeness (QED) is 0.877. The van der Waals surface area contributed by atoms with Crippen molar-refractivity contribution in [2.45, 2.75) is 6.18 Å². The third kappa shape index (κ3) is 3.11. The summed E-state index contributed by atoms with van der Waals surface area (Å²) in [5.74, 6) is 0.543. The van der Waals surface area contributed by atoms with Crippen LogP contribution in [-0.4, -0.2) is 12.1 Å². The third-order valence-electron chi connectivity index (χ3n) is 2.49. The Bertz CT molecular complexity index is 615. The molecule has 0 aliphatic carbocycles. The van der Waals surface area contributed by atoms with Crippen molar-refractivity contribution in [2.75, 3.05) is 12.8 Å². The second-order valence-electron chi connectivity index (χ2n) is 3.89. The molecule has 0 spiro atoms. The molecule has 7 heteroatoms. The van der Waals surface area contributed by atoms with E-state index >= 15 is 0 Å². The average Bonchev–Trinajstić information content (AvgIpc) is 2.40. The predicted octanol–water partition coefficient (Wildman–Crippen LogP) is 3.48. The first kappa shape index (κ1) is 14.0. The van der Waals surface area contributed by atoms with E-state index in [1.54, 1.807) is 6.07 Å². The zero-order valence-electron chi connectivity index (χ0n) is 10.4. The van der Waals surface area contributed by atoms with Crippen LogP contribution in [0.25, 0.3) is 0 Å². The van der Waals surface area contributed by atoms with Crippen LogP contribution in [0.3, 0.4) is 0 Å². The van der Waals surface area contributed by atoms with Crippen molar-refractivity contribution in [3.63, 3.8) is 0 Å². The molecule has 2 aromatic rings. The summed E-state index contributed by atoms with van der Waals surface area (Å²) < 4.78 is 47.9. The fourth-order valence-corrected chi connectivity index (χ4v) is 1.50. The van der Waals surface area contributed by atoms with Crippen LogP contribution in [0.4, 0.5) is 18.9 Å². The fraction of sp³-hybridized carbons (Fsp3) is 0.154. The molecule has 106 valence electrons. The molecule has 1 heterocycles. The lowest BCUT2D eigenvalue weighted by atomic mass is 10.2. The van der Waals surface area contributed by atoms with Crippen LogP contribution < -0.4 is 15.2 Å². The van der Waals surface area contributed by atoms with Crippen LogP contribution >= 0.6 is 0 Å². The summed E-state index contributed by atoms with van der Waals surface area (Å²) in [7, 11) is 1.48. The first-order valence-electron chi connectivity index (χ1n) is 5.55. The lowest BCUT2D eigenvalue weighted by Gasteiger charge is -2.11. The molecule has 1 aromatic heterocycles. The first-order chi connectivity index (χ1) is 9.40. The summed E-state index contributed by atoms with van der Waals surface area (Å²) in [6.07, 6.45) is -3.43. The Labute approximate surface area is 113 Å². The van der Waals surface area contributed by atoms with Gasteiger partial charge in [0.05, 0.1) is 18.4 Å². The molecular weight excluding hydrogens is 273 g/mol. The Balaban J connectivity index is 2.26. The van der Waals surface area contributed by atoms with Gasteiger partial charge in [0.1, 0.15) is 5.75 Å². The van der Waals surface area contributed by atoms with Crippen molar-refractivity contribution >= 4 is 5.69 Å². The van der Waals surface area contributed by atoms with Gasteiger partial charge in [0.15, 0.2) is 5.75 Å². The third-order valence-corrected chi connectivity index (χ3v) is 2.49. The number of halogens is 3. The molecule has 0 fully saturated rings. The number of aromatic nitrogens is 1. The van der Waals surface area contributed by atoms with Gasteiger partial charge in [-0.05, 0) is 18.2 Å². The van der Waals surface area contributed by atoms with E-state index in [2.05, 4.69) is 4.98 Å². The highest BCUT2D eigenvalue weighted by atomic mass is 19.4. The van der Waals surface area contributed by atoms with Crippen molar-refractivity contribution in [1.82, 2.24) is 4.98 Å². The largest absolute Gasteiger partial charge is 0.497 e. The molecular formula is C13H11F3N2O2. The number of hydrogen-bond donors (Lipinski definition) is 1. The summed E-state index contributed by atoms with van der Waals surface area (Å²) >= 11 is 0. The topological polar surface area (TPSA) is 57.4 Å². The van der Waals surface area contributed by atoms with E-state index in [1.165, 1.54) is 19.2 Å². The summed E-state index contributed by atoms with van der Waals surface area (Å²) in [5, 5.41) is 0. The van der Waals surface area contributed by atoms with E-state index in [4.69, 9.17) is 15.2 Å². The van der Waals surface area contributed by atoms with Crippen molar-refractivity contribution in [2.24, 2.45) is 0 Å². The molecule has 0 saturated carbocycles. The number of nitrogens with two attached hydrogens (primary N) is 1. The summed E-state index contributed by atoms with van der Waals surface area (Å²) in [6.45, 7) is 0. The van der Waals surface area contributed by atoms with Gasteiger partial charge < -0.3 is 15.2 Å². The molecule has 0 atom stereocenters. The maximum Gasteiger partial charge on any atom is 0.416 e. The number of rotatable bonds is 3. The van der Waals surface area contributed by atoms with Gasteiger partial charge in [0.2, 0.25) is 5.88 Å². The molecule has 1 aromatic carbocycles. The number of benzene rings is 1. The normalized spacial score (nSPS) is 11.2. The molecule has 0 aliphatic rings. The number of anilines is 1. The number of hydrogen-bond acceptors (Lipinski definition) is 4. The van der Waals surface area contributed by atoms with Gasteiger partial charge in [-0.25, -0.2) is 4.98 Å². The van der Waals surface area contributed by atoms with Crippen molar-refractivity contribution < 1.29 is 22.6 Å². The summed E-state index contributed by atoms with van der Waals surface area (Å²) in [5.41, 5.74) is 5.11. The van der Waals surface area contributed by atoms with Crippen LogP contribution in [0.1, 0.15) is 5.56 Å². The van der Waals surface area contributed by atoms with Gasteiger partial charge in [0, 0.05) is 18.3 Å². The predicted molar refractivity (Wildman–Crippen MR) is 66.7 cm³/mol. The fourth-order valence-electron chi connectivity index (χ4n) is 1.50. The lowest BCUT2D eigenvalue weighted by Crippen LogP contribution is -2.05. The molecule has 0 unspecified atom stereocenters. The van der Waals surface area contributed by atoms with E-state index < -0.39 is 11.7 Å². The number of methoxy groups -OCH3 is 1. The Kier molecular flexibility index (Phi) is 3.69. The molecule has 0 bridgehead atoms. The van der Waals surface area contributed by atoms with Crippen molar-refractivity contribution in [3.8, 4) is 17.4 Å². The average molecular weight is 284 g/mol. The Morgan fingerprint density at radius 1 is 1.15 bits per heavy atom. The van der Waals surface area contributed by atoms with E-state index in [1.807, 2.05) is 0 Å². The number of nitrogens with zero attached hydrogens (tertiary/aromatic N) is 1.